The zero-order chi connectivity index (χ0) is 30.6. The summed E-state index contributed by atoms with van der Waals surface area (Å²) in [7, 11) is -4.48. The van der Waals surface area contributed by atoms with Crippen molar-refractivity contribution in [3.05, 3.63) is 95.6 Å². The molecule has 0 bridgehead atoms. The first-order chi connectivity index (χ1) is 19.0. The van der Waals surface area contributed by atoms with Gasteiger partial charge >= 0.3 is 6.18 Å². The van der Waals surface area contributed by atoms with Crippen molar-refractivity contribution >= 4 is 27.5 Å². The largest absolute Gasteiger partial charge is 0.416 e. The average molecular weight is 590 g/mol. The molecular formula is C30H34F3N3O4S. The number of amides is 2. The predicted molar refractivity (Wildman–Crippen MR) is 152 cm³/mol. The summed E-state index contributed by atoms with van der Waals surface area (Å²) in [6.45, 7) is 7.88. The Morgan fingerprint density at radius 2 is 1.54 bits per heavy atom. The number of halogens is 3. The average Bonchev–Trinajstić information content (AvgIpc) is 2.89. The first-order valence-electron chi connectivity index (χ1n) is 12.9. The lowest BCUT2D eigenvalue weighted by Gasteiger charge is -2.33. The minimum atomic E-state index is -4.74. The van der Waals surface area contributed by atoms with E-state index in [1.54, 1.807) is 39.0 Å². The maximum absolute atomic E-state index is 13.9. The maximum atomic E-state index is 13.9. The molecular weight excluding hydrogens is 555 g/mol. The lowest BCUT2D eigenvalue weighted by atomic mass is 10.1. The molecule has 0 aliphatic heterocycles. The van der Waals surface area contributed by atoms with E-state index >= 15 is 0 Å². The Bertz CT molecular complexity index is 1490. The van der Waals surface area contributed by atoms with Gasteiger partial charge in [0.05, 0.1) is 16.1 Å². The van der Waals surface area contributed by atoms with E-state index in [1.165, 1.54) is 42.2 Å². The molecule has 0 fully saturated rings. The minimum absolute atomic E-state index is 0.0267. The van der Waals surface area contributed by atoms with Crippen LogP contribution in [0.4, 0.5) is 18.9 Å². The van der Waals surface area contributed by atoms with Crippen LogP contribution in [0.1, 0.15) is 44.4 Å². The van der Waals surface area contributed by atoms with Crippen molar-refractivity contribution in [1.82, 2.24) is 10.2 Å². The van der Waals surface area contributed by atoms with Crippen LogP contribution in [-0.4, -0.2) is 43.3 Å². The number of carbonyl (C=O) groups is 2. The molecule has 0 saturated carbocycles. The van der Waals surface area contributed by atoms with Gasteiger partial charge in [0.2, 0.25) is 11.8 Å². The monoisotopic (exact) mass is 589 g/mol. The molecule has 7 nitrogen and oxygen atoms in total. The number of sulfonamides is 1. The van der Waals surface area contributed by atoms with Gasteiger partial charge in [-0.1, -0.05) is 54.1 Å². The third-order valence-corrected chi connectivity index (χ3v) is 7.96. The number of anilines is 1. The molecule has 3 aromatic carbocycles. The van der Waals surface area contributed by atoms with Crippen LogP contribution in [0.25, 0.3) is 0 Å². The summed E-state index contributed by atoms with van der Waals surface area (Å²) in [5.41, 5.74) is -0.391. The van der Waals surface area contributed by atoms with Crippen LogP contribution in [0, 0.1) is 6.92 Å². The molecule has 0 aromatic heterocycles. The molecule has 11 heteroatoms. The third kappa shape index (κ3) is 8.32. The van der Waals surface area contributed by atoms with Gasteiger partial charge in [-0.2, -0.15) is 13.2 Å². The minimum Gasteiger partial charge on any atom is -0.350 e. The van der Waals surface area contributed by atoms with Crippen molar-refractivity contribution in [2.45, 2.75) is 63.8 Å². The van der Waals surface area contributed by atoms with E-state index in [0.29, 0.717) is 15.9 Å². The Kier molecular flexibility index (Phi) is 9.53. The number of nitrogens with one attached hydrogen (secondary N) is 1. The molecule has 0 aliphatic carbocycles. The molecule has 0 spiro atoms. The molecule has 41 heavy (non-hydrogen) atoms. The van der Waals surface area contributed by atoms with Crippen LogP contribution in [-0.2, 0) is 32.3 Å². The standard InChI is InChI=1S/C30H34F3N3O4S/c1-21-11-9-12-23(17-21)19-35(22(2)28(38)34-29(3,4)5)27(37)20-36(41(39,40)26-15-7-6-8-16-26)25-14-10-13-24(18-25)30(31,32)33/h6-18,22H,19-20H2,1-5H3,(H,34,38). The Morgan fingerprint density at radius 1 is 0.902 bits per heavy atom. The summed E-state index contributed by atoms with van der Waals surface area (Å²) >= 11 is 0. The van der Waals surface area contributed by atoms with E-state index in [-0.39, 0.29) is 17.1 Å². The normalized spacial score (nSPS) is 12.9. The van der Waals surface area contributed by atoms with E-state index in [0.717, 1.165) is 17.7 Å². The second-order valence-electron chi connectivity index (χ2n) is 10.8. The fourth-order valence-electron chi connectivity index (χ4n) is 4.15. The van der Waals surface area contributed by atoms with E-state index in [2.05, 4.69) is 5.32 Å². The summed E-state index contributed by atoms with van der Waals surface area (Å²) < 4.78 is 68.8. The first-order valence-corrected chi connectivity index (χ1v) is 14.3. The number of benzene rings is 3. The van der Waals surface area contributed by atoms with E-state index < -0.39 is 51.7 Å². The summed E-state index contributed by atoms with van der Waals surface area (Å²) in [6.07, 6.45) is -4.74. The van der Waals surface area contributed by atoms with E-state index in [1.807, 2.05) is 19.1 Å². The second kappa shape index (κ2) is 12.3. The fraction of sp³-hybridized carbons (Fsp3) is 0.333. The molecule has 1 N–H and O–H groups in total. The molecule has 2 amide bonds. The lowest BCUT2D eigenvalue weighted by Crippen LogP contribution is -2.54. The van der Waals surface area contributed by atoms with Crippen molar-refractivity contribution in [1.29, 1.82) is 0 Å². The van der Waals surface area contributed by atoms with Crippen LogP contribution < -0.4 is 9.62 Å². The number of rotatable bonds is 9. The Labute approximate surface area is 239 Å². The molecule has 1 atom stereocenters. The van der Waals surface area contributed by atoms with Gasteiger partial charge in [0.1, 0.15) is 12.6 Å². The molecule has 3 rings (SSSR count). The third-order valence-electron chi connectivity index (χ3n) is 6.17. The van der Waals surface area contributed by atoms with Gasteiger partial charge in [-0.15, -0.1) is 0 Å². The number of aryl methyl sites for hydroxylation is 1. The van der Waals surface area contributed by atoms with Crippen LogP contribution in [0.15, 0.2) is 83.8 Å². The van der Waals surface area contributed by atoms with Crippen LogP contribution in [0.2, 0.25) is 0 Å². The molecule has 3 aromatic rings. The highest BCUT2D eigenvalue weighted by Gasteiger charge is 2.35. The highest BCUT2D eigenvalue weighted by Crippen LogP contribution is 2.33. The van der Waals surface area contributed by atoms with Gasteiger partial charge in [-0.25, -0.2) is 8.42 Å². The van der Waals surface area contributed by atoms with Crippen molar-refractivity contribution in [3.63, 3.8) is 0 Å². The Morgan fingerprint density at radius 3 is 2.12 bits per heavy atom. The highest BCUT2D eigenvalue weighted by molar-refractivity contribution is 7.92. The predicted octanol–water partition coefficient (Wildman–Crippen LogP) is 5.54. The van der Waals surface area contributed by atoms with Crippen molar-refractivity contribution in [3.8, 4) is 0 Å². The quantitative estimate of drug-likeness (QED) is 0.355. The van der Waals surface area contributed by atoms with Crippen LogP contribution >= 0.6 is 0 Å². The molecule has 0 heterocycles. The van der Waals surface area contributed by atoms with Crippen LogP contribution in [0.3, 0.4) is 0 Å². The molecule has 0 saturated heterocycles. The number of hydrogen-bond donors (Lipinski definition) is 1. The molecule has 0 aliphatic rings. The van der Waals surface area contributed by atoms with Crippen molar-refractivity contribution in [2.24, 2.45) is 0 Å². The van der Waals surface area contributed by atoms with Gasteiger partial charge in [-0.05, 0) is 70.5 Å². The van der Waals surface area contributed by atoms with Crippen LogP contribution in [0.5, 0.6) is 0 Å². The topological polar surface area (TPSA) is 86.8 Å². The van der Waals surface area contributed by atoms with E-state index in [9.17, 15) is 31.2 Å². The fourth-order valence-corrected chi connectivity index (χ4v) is 5.58. The van der Waals surface area contributed by atoms with Gasteiger partial charge in [-0.3, -0.25) is 13.9 Å². The Hall–Kier alpha value is -3.86. The number of alkyl halides is 3. The maximum Gasteiger partial charge on any atom is 0.416 e. The summed E-state index contributed by atoms with van der Waals surface area (Å²) in [4.78, 5) is 28.1. The summed E-state index contributed by atoms with van der Waals surface area (Å²) in [5, 5.41) is 2.83. The van der Waals surface area contributed by atoms with Gasteiger partial charge in [0.15, 0.2) is 0 Å². The Balaban J connectivity index is 2.09. The summed E-state index contributed by atoms with van der Waals surface area (Å²) in [6, 6.07) is 17.2. The second-order valence-corrected chi connectivity index (χ2v) is 12.7. The van der Waals surface area contributed by atoms with Gasteiger partial charge in [0, 0.05) is 12.1 Å². The smallest absolute Gasteiger partial charge is 0.350 e. The van der Waals surface area contributed by atoms with E-state index in [4.69, 9.17) is 0 Å². The number of nitrogens with zero attached hydrogens (tertiary/aromatic N) is 2. The summed E-state index contributed by atoms with van der Waals surface area (Å²) in [5.74, 6) is -1.23. The lowest BCUT2D eigenvalue weighted by molar-refractivity contribution is -0.140. The van der Waals surface area contributed by atoms with Crippen molar-refractivity contribution < 1.29 is 31.2 Å². The van der Waals surface area contributed by atoms with Gasteiger partial charge in [0.25, 0.3) is 10.0 Å². The molecule has 220 valence electrons. The number of hydrogen-bond acceptors (Lipinski definition) is 4. The molecule has 0 radical (unpaired) electrons. The number of carbonyl (C=O) groups excluding carboxylic acids is 2. The zero-order valence-electron chi connectivity index (χ0n) is 23.6. The highest BCUT2D eigenvalue weighted by atomic mass is 32.2. The van der Waals surface area contributed by atoms with Crippen molar-refractivity contribution in [2.75, 3.05) is 10.8 Å². The van der Waals surface area contributed by atoms with Gasteiger partial charge < -0.3 is 10.2 Å². The zero-order valence-corrected chi connectivity index (χ0v) is 24.4. The SMILES string of the molecule is Cc1cccc(CN(C(=O)CN(c2cccc(C(F)(F)F)c2)S(=O)(=O)c2ccccc2)C(C)C(=O)NC(C)(C)C)c1. The molecule has 1 unspecified atom stereocenters. The first kappa shape index (κ1) is 31.7.